The molecule has 6 nitrogen and oxygen atoms in total. The molecule has 0 saturated heterocycles. The van der Waals surface area contributed by atoms with E-state index in [0.29, 0.717) is 18.8 Å². The van der Waals surface area contributed by atoms with Crippen molar-refractivity contribution in [2.45, 2.75) is 6.54 Å². The van der Waals surface area contributed by atoms with Crippen LogP contribution < -0.4 is 15.6 Å². The second kappa shape index (κ2) is 8.70. The Morgan fingerprint density at radius 1 is 1.03 bits per heavy atom. The van der Waals surface area contributed by atoms with E-state index < -0.39 is 0 Å². The summed E-state index contributed by atoms with van der Waals surface area (Å²) in [5.74, 6) is 0.390. The molecule has 2 aromatic heterocycles. The summed E-state index contributed by atoms with van der Waals surface area (Å²) in [7, 11) is 0. The molecular weight excluding hydrogens is 386 g/mol. The van der Waals surface area contributed by atoms with Crippen LogP contribution in [0.15, 0.2) is 76.9 Å². The molecule has 0 saturated carbocycles. The number of nitrogens with one attached hydrogen (secondary N) is 1. The third-order valence-electron chi connectivity index (χ3n) is 4.38. The van der Waals surface area contributed by atoms with Crippen molar-refractivity contribution in [3.05, 3.63) is 82.5 Å². The number of rotatable bonds is 7. The first-order valence-corrected chi connectivity index (χ1v) is 10.1. The van der Waals surface area contributed by atoms with E-state index in [1.807, 2.05) is 60.0 Å². The minimum atomic E-state index is -0.249. The summed E-state index contributed by atoms with van der Waals surface area (Å²) < 4.78 is 6.94. The number of aromatic nitrogens is 2. The number of fused-ring (bicyclic) bond motifs is 1. The van der Waals surface area contributed by atoms with Crippen molar-refractivity contribution in [1.29, 1.82) is 0 Å². The van der Waals surface area contributed by atoms with E-state index in [2.05, 4.69) is 10.4 Å². The van der Waals surface area contributed by atoms with Crippen molar-refractivity contribution >= 4 is 28.0 Å². The maximum absolute atomic E-state index is 12.1. The van der Waals surface area contributed by atoms with Crippen LogP contribution in [0.25, 0.3) is 21.3 Å². The number of nitrogens with zero attached hydrogens (tertiary/aromatic N) is 2. The van der Waals surface area contributed by atoms with Gasteiger partial charge in [0.15, 0.2) is 6.61 Å². The Bertz CT molecular complexity index is 1190. The topological polar surface area (TPSA) is 73.2 Å². The first-order valence-electron chi connectivity index (χ1n) is 9.19. The fourth-order valence-electron chi connectivity index (χ4n) is 2.92. The van der Waals surface area contributed by atoms with Crippen LogP contribution in [0.4, 0.5) is 0 Å². The maximum Gasteiger partial charge on any atom is 0.266 e. The SMILES string of the molecule is O=C(COc1ccc2ccccc2c1)NCCn1nc(-c2cccs2)ccc1=O. The Morgan fingerprint density at radius 3 is 2.72 bits per heavy atom. The molecular formula is C22H19N3O3S. The molecule has 0 aliphatic heterocycles. The second-order valence-electron chi connectivity index (χ2n) is 6.40. The van der Waals surface area contributed by atoms with Crippen molar-refractivity contribution in [3.8, 4) is 16.3 Å². The smallest absolute Gasteiger partial charge is 0.266 e. The minimum absolute atomic E-state index is 0.0874. The Balaban J connectivity index is 1.29. The molecule has 0 radical (unpaired) electrons. The van der Waals surface area contributed by atoms with Crippen molar-refractivity contribution < 1.29 is 9.53 Å². The lowest BCUT2D eigenvalue weighted by atomic mass is 10.1. The Labute approximate surface area is 171 Å². The molecule has 1 amide bonds. The summed E-state index contributed by atoms with van der Waals surface area (Å²) in [5.41, 5.74) is 0.539. The van der Waals surface area contributed by atoms with Gasteiger partial charge in [-0.15, -0.1) is 11.3 Å². The molecule has 0 aliphatic carbocycles. The molecule has 0 atom stereocenters. The van der Waals surface area contributed by atoms with Crippen molar-refractivity contribution in [2.24, 2.45) is 0 Å². The lowest BCUT2D eigenvalue weighted by Gasteiger charge is -2.09. The van der Waals surface area contributed by atoms with Crippen molar-refractivity contribution in [3.63, 3.8) is 0 Å². The highest BCUT2D eigenvalue weighted by molar-refractivity contribution is 7.13. The molecule has 146 valence electrons. The summed E-state index contributed by atoms with van der Waals surface area (Å²) in [6, 6.07) is 20.8. The van der Waals surface area contributed by atoms with E-state index in [1.54, 1.807) is 17.4 Å². The molecule has 0 fully saturated rings. The molecule has 4 aromatic rings. The van der Waals surface area contributed by atoms with E-state index in [9.17, 15) is 9.59 Å². The van der Waals surface area contributed by atoms with Crippen LogP contribution in [0.1, 0.15) is 0 Å². The van der Waals surface area contributed by atoms with Gasteiger partial charge in [-0.1, -0.05) is 36.4 Å². The molecule has 7 heteroatoms. The Kier molecular flexibility index (Phi) is 5.67. The number of hydrogen-bond acceptors (Lipinski definition) is 5. The second-order valence-corrected chi connectivity index (χ2v) is 7.35. The number of hydrogen-bond donors (Lipinski definition) is 1. The Hall–Kier alpha value is -3.45. The predicted molar refractivity (Wildman–Crippen MR) is 114 cm³/mol. The molecule has 2 aromatic carbocycles. The molecule has 1 N–H and O–H groups in total. The Morgan fingerprint density at radius 2 is 1.90 bits per heavy atom. The minimum Gasteiger partial charge on any atom is -0.484 e. The number of carbonyl (C=O) groups excluding carboxylic acids is 1. The van der Waals surface area contributed by atoms with Gasteiger partial charge >= 0.3 is 0 Å². The molecule has 0 aliphatic rings. The van der Waals surface area contributed by atoms with Gasteiger partial charge in [0.2, 0.25) is 0 Å². The van der Waals surface area contributed by atoms with Gasteiger partial charge < -0.3 is 10.1 Å². The third-order valence-corrected chi connectivity index (χ3v) is 5.27. The molecule has 4 rings (SSSR count). The highest BCUT2D eigenvalue weighted by Gasteiger charge is 2.06. The molecule has 0 bridgehead atoms. The average Bonchev–Trinajstić information content (AvgIpc) is 3.28. The lowest BCUT2D eigenvalue weighted by molar-refractivity contribution is -0.123. The molecule has 0 unspecified atom stereocenters. The van der Waals surface area contributed by atoms with Gasteiger partial charge in [-0.3, -0.25) is 9.59 Å². The van der Waals surface area contributed by atoms with E-state index in [1.165, 1.54) is 10.7 Å². The van der Waals surface area contributed by atoms with Crippen molar-refractivity contribution in [2.75, 3.05) is 13.2 Å². The zero-order chi connectivity index (χ0) is 20.1. The van der Waals surface area contributed by atoms with Crippen LogP contribution in [0.5, 0.6) is 5.75 Å². The first-order chi connectivity index (χ1) is 14.2. The van der Waals surface area contributed by atoms with Gasteiger partial charge in [-0.05, 0) is 40.4 Å². The van der Waals surface area contributed by atoms with Crippen molar-refractivity contribution in [1.82, 2.24) is 15.1 Å². The summed E-state index contributed by atoms with van der Waals surface area (Å²) in [5, 5.41) is 11.3. The normalized spacial score (nSPS) is 10.8. The van der Waals surface area contributed by atoms with E-state index in [0.717, 1.165) is 21.3 Å². The fourth-order valence-corrected chi connectivity index (χ4v) is 3.61. The quantitative estimate of drug-likeness (QED) is 0.512. The van der Waals surface area contributed by atoms with E-state index >= 15 is 0 Å². The van der Waals surface area contributed by atoms with Crippen LogP contribution in [-0.2, 0) is 11.3 Å². The number of ether oxygens (including phenoxy) is 1. The van der Waals surface area contributed by atoms with Crippen LogP contribution in [-0.4, -0.2) is 28.8 Å². The number of carbonyl (C=O) groups is 1. The van der Waals surface area contributed by atoms with Crippen LogP contribution in [0.2, 0.25) is 0 Å². The van der Waals surface area contributed by atoms with Gasteiger partial charge in [0, 0.05) is 12.6 Å². The fraction of sp³-hybridized carbons (Fsp3) is 0.136. The van der Waals surface area contributed by atoms with Crippen LogP contribution in [0, 0.1) is 0 Å². The van der Waals surface area contributed by atoms with Crippen LogP contribution in [0.3, 0.4) is 0 Å². The predicted octanol–water partition coefficient (Wildman–Crippen LogP) is 3.32. The zero-order valence-corrected chi connectivity index (χ0v) is 16.4. The third kappa shape index (κ3) is 4.70. The first kappa shape index (κ1) is 18.9. The summed E-state index contributed by atoms with van der Waals surface area (Å²) in [6.45, 7) is 0.496. The van der Waals surface area contributed by atoms with Gasteiger partial charge in [0.25, 0.3) is 11.5 Å². The molecule has 2 heterocycles. The monoisotopic (exact) mass is 405 g/mol. The molecule has 29 heavy (non-hydrogen) atoms. The van der Waals surface area contributed by atoms with Gasteiger partial charge in [-0.25, -0.2) is 4.68 Å². The largest absolute Gasteiger partial charge is 0.484 e. The van der Waals surface area contributed by atoms with Gasteiger partial charge in [-0.2, -0.15) is 5.10 Å². The zero-order valence-electron chi connectivity index (χ0n) is 15.6. The van der Waals surface area contributed by atoms with Crippen LogP contribution >= 0.6 is 11.3 Å². The van der Waals surface area contributed by atoms with E-state index in [-0.39, 0.29) is 18.1 Å². The summed E-state index contributed by atoms with van der Waals surface area (Å²) in [4.78, 5) is 25.1. The summed E-state index contributed by atoms with van der Waals surface area (Å²) in [6.07, 6.45) is 0. The standard InChI is InChI=1S/C22H19N3O3S/c26-21(15-28-18-8-7-16-4-1-2-5-17(16)14-18)23-11-12-25-22(27)10-9-19(24-25)20-6-3-13-29-20/h1-10,13-14H,11-12,15H2,(H,23,26). The summed E-state index contributed by atoms with van der Waals surface area (Å²) >= 11 is 1.56. The highest BCUT2D eigenvalue weighted by Crippen LogP contribution is 2.21. The lowest BCUT2D eigenvalue weighted by Crippen LogP contribution is -2.34. The van der Waals surface area contributed by atoms with Gasteiger partial charge in [0.1, 0.15) is 11.4 Å². The van der Waals surface area contributed by atoms with E-state index in [4.69, 9.17) is 4.74 Å². The maximum atomic E-state index is 12.1. The molecule has 0 spiro atoms. The number of benzene rings is 2. The number of amides is 1. The number of thiophene rings is 1. The average molecular weight is 405 g/mol. The highest BCUT2D eigenvalue weighted by atomic mass is 32.1. The van der Waals surface area contributed by atoms with Gasteiger partial charge in [0.05, 0.1) is 11.4 Å².